The lowest BCUT2D eigenvalue weighted by atomic mass is 9.80. The van der Waals surface area contributed by atoms with Gasteiger partial charge in [-0.25, -0.2) is 4.79 Å². The third-order valence-corrected chi connectivity index (χ3v) is 4.38. The predicted octanol–water partition coefficient (Wildman–Crippen LogP) is 3.27. The average molecular weight is 266 g/mol. The first-order valence-electron chi connectivity index (χ1n) is 6.69. The van der Waals surface area contributed by atoms with Gasteiger partial charge in [-0.05, 0) is 49.1 Å². The van der Waals surface area contributed by atoms with Crippen molar-refractivity contribution in [2.24, 2.45) is 0 Å². The van der Waals surface area contributed by atoms with Gasteiger partial charge in [0.05, 0.1) is 0 Å². The second-order valence-corrected chi connectivity index (χ2v) is 6.26. The summed E-state index contributed by atoms with van der Waals surface area (Å²) >= 11 is 1.74. The van der Waals surface area contributed by atoms with E-state index in [4.69, 9.17) is 0 Å². The van der Waals surface area contributed by atoms with Crippen molar-refractivity contribution < 1.29 is 4.79 Å². The number of hydrogen-bond acceptors (Lipinski definition) is 2. The van der Waals surface area contributed by atoms with Gasteiger partial charge < -0.3 is 10.6 Å². The Kier molecular flexibility index (Phi) is 4.27. The van der Waals surface area contributed by atoms with Crippen LogP contribution in [-0.2, 0) is 5.41 Å². The number of thiophene rings is 1. The van der Waals surface area contributed by atoms with E-state index in [-0.39, 0.29) is 17.5 Å². The van der Waals surface area contributed by atoms with E-state index < -0.39 is 0 Å². The first-order valence-corrected chi connectivity index (χ1v) is 7.64. The summed E-state index contributed by atoms with van der Waals surface area (Å²) in [6.45, 7) is 4.70. The van der Waals surface area contributed by atoms with E-state index in [1.807, 2.05) is 13.8 Å². The highest BCUT2D eigenvalue weighted by atomic mass is 32.1. The van der Waals surface area contributed by atoms with E-state index in [0.717, 1.165) is 6.54 Å². The van der Waals surface area contributed by atoms with Gasteiger partial charge >= 0.3 is 6.03 Å². The molecule has 0 atom stereocenters. The van der Waals surface area contributed by atoms with Gasteiger partial charge in [-0.2, -0.15) is 11.3 Å². The monoisotopic (exact) mass is 266 g/mol. The molecule has 1 aliphatic rings. The Hall–Kier alpha value is -1.03. The molecule has 1 aromatic heterocycles. The molecule has 2 N–H and O–H groups in total. The molecule has 18 heavy (non-hydrogen) atoms. The van der Waals surface area contributed by atoms with Gasteiger partial charge in [-0.15, -0.1) is 0 Å². The number of hydrogen-bond donors (Lipinski definition) is 2. The first kappa shape index (κ1) is 13.4. The van der Waals surface area contributed by atoms with E-state index in [9.17, 15) is 4.79 Å². The summed E-state index contributed by atoms with van der Waals surface area (Å²) in [5.74, 6) is 0. The quantitative estimate of drug-likeness (QED) is 0.863. The van der Waals surface area contributed by atoms with Crippen LogP contribution in [0, 0.1) is 0 Å². The van der Waals surface area contributed by atoms with Crippen LogP contribution in [0.25, 0.3) is 0 Å². The SMILES string of the molecule is CC(C)NC(=O)NCC1(c2ccsc2)CCCC1. The Morgan fingerprint density at radius 3 is 2.72 bits per heavy atom. The number of nitrogens with one attached hydrogen (secondary N) is 2. The Labute approximate surface area is 113 Å². The number of amides is 2. The molecule has 2 amide bonds. The Morgan fingerprint density at radius 2 is 2.17 bits per heavy atom. The van der Waals surface area contributed by atoms with Crippen LogP contribution in [0.5, 0.6) is 0 Å². The molecular formula is C14H22N2OS. The smallest absolute Gasteiger partial charge is 0.315 e. The molecule has 2 rings (SSSR count). The van der Waals surface area contributed by atoms with Crippen LogP contribution in [0.1, 0.15) is 45.1 Å². The van der Waals surface area contributed by atoms with E-state index in [1.54, 1.807) is 11.3 Å². The minimum atomic E-state index is -0.0495. The van der Waals surface area contributed by atoms with Crippen molar-refractivity contribution in [3.8, 4) is 0 Å². The molecule has 1 aliphatic carbocycles. The van der Waals surface area contributed by atoms with Gasteiger partial charge in [0.25, 0.3) is 0 Å². The molecule has 1 fully saturated rings. The molecule has 1 heterocycles. The van der Waals surface area contributed by atoms with Gasteiger partial charge in [0.15, 0.2) is 0 Å². The zero-order valence-electron chi connectivity index (χ0n) is 11.2. The van der Waals surface area contributed by atoms with Crippen molar-refractivity contribution in [3.63, 3.8) is 0 Å². The second-order valence-electron chi connectivity index (χ2n) is 5.48. The van der Waals surface area contributed by atoms with Crippen LogP contribution in [0.4, 0.5) is 4.79 Å². The molecule has 100 valence electrons. The lowest BCUT2D eigenvalue weighted by Gasteiger charge is -2.29. The third kappa shape index (κ3) is 3.05. The molecule has 4 heteroatoms. The average Bonchev–Trinajstić information content (AvgIpc) is 2.97. The van der Waals surface area contributed by atoms with Crippen molar-refractivity contribution in [1.82, 2.24) is 10.6 Å². The lowest BCUT2D eigenvalue weighted by Crippen LogP contribution is -2.45. The molecule has 3 nitrogen and oxygen atoms in total. The van der Waals surface area contributed by atoms with Gasteiger partial charge in [-0.3, -0.25) is 0 Å². The maximum Gasteiger partial charge on any atom is 0.315 e. The second kappa shape index (κ2) is 5.74. The van der Waals surface area contributed by atoms with Crippen molar-refractivity contribution in [1.29, 1.82) is 0 Å². The summed E-state index contributed by atoms with van der Waals surface area (Å²) in [7, 11) is 0. The number of carbonyl (C=O) groups is 1. The molecule has 0 aromatic carbocycles. The lowest BCUT2D eigenvalue weighted by molar-refractivity contribution is 0.235. The fourth-order valence-electron chi connectivity index (χ4n) is 2.75. The van der Waals surface area contributed by atoms with Crippen LogP contribution >= 0.6 is 11.3 Å². The summed E-state index contributed by atoms with van der Waals surface area (Å²) < 4.78 is 0. The number of urea groups is 1. The van der Waals surface area contributed by atoms with E-state index >= 15 is 0 Å². The highest BCUT2D eigenvalue weighted by Gasteiger charge is 2.36. The van der Waals surface area contributed by atoms with Crippen LogP contribution in [0.15, 0.2) is 16.8 Å². The van der Waals surface area contributed by atoms with Crippen LogP contribution in [-0.4, -0.2) is 18.6 Å². The van der Waals surface area contributed by atoms with Crippen LogP contribution < -0.4 is 10.6 Å². The highest BCUT2D eigenvalue weighted by Crippen LogP contribution is 2.41. The van der Waals surface area contributed by atoms with Crippen molar-refractivity contribution in [3.05, 3.63) is 22.4 Å². The first-order chi connectivity index (χ1) is 8.62. The fraction of sp³-hybridized carbons (Fsp3) is 0.643. The standard InChI is InChI=1S/C14H22N2OS/c1-11(2)16-13(17)15-10-14(6-3-4-7-14)12-5-8-18-9-12/h5,8-9,11H,3-4,6-7,10H2,1-2H3,(H2,15,16,17). The summed E-state index contributed by atoms with van der Waals surface area (Å²) in [5, 5.41) is 10.3. The van der Waals surface area contributed by atoms with Crippen LogP contribution in [0.3, 0.4) is 0 Å². The summed E-state index contributed by atoms with van der Waals surface area (Å²) in [4.78, 5) is 11.7. The summed E-state index contributed by atoms with van der Waals surface area (Å²) in [6, 6.07) is 2.34. The molecule has 0 radical (unpaired) electrons. The Morgan fingerprint density at radius 1 is 1.44 bits per heavy atom. The molecule has 1 aromatic rings. The molecule has 1 saturated carbocycles. The minimum Gasteiger partial charge on any atom is -0.337 e. The van der Waals surface area contributed by atoms with Gasteiger partial charge in [0, 0.05) is 18.0 Å². The van der Waals surface area contributed by atoms with E-state index in [0.29, 0.717) is 0 Å². The molecule has 0 saturated heterocycles. The third-order valence-electron chi connectivity index (χ3n) is 3.70. The molecule has 0 unspecified atom stereocenters. The topological polar surface area (TPSA) is 41.1 Å². The van der Waals surface area contributed by atoms with Crippen molar-refractivity contribution in [2.45, 2.75) is 51.0 Å². The molecular weight excluding hydrogens is 244 g/mol. The summed E-state index contributed by atoms with van der Waals surface area (Å²) in [5.41, 5.74) is 1.57. The van der Waals surface area contributed by atoms with E-state index in [2.05, 4.69) is 27.5 Å². The molecule has 0 aliphatic heterocycles. The van der Waals surface area contributed by atoms with Gasteiger partial charge in [-0.1, -0.05) is 12.8 Å². The minimum absolute atomic E-state index is 0.0495. The zero-order chi connectivity index (χ0) is 13.0. The fourth-order valence-corrected chi connectivity index (χ4v) is 3.53. The maximum atomic E-state index is 11.7. The number of rotatable bonds is 4. The molecule has 0 bridgehead atoms. The van der Waals surface area contributed by atoms with Crippen molar-refractivity contribution in [2.75, 3.05) is 6.54 Å². The van der Waals surface area contributed by atoms with Crippen molar-refractivity contribution >= 4 is 17.4 Å². The molecule has 0 spiro atoms. The van der Waals surface area contributed by atoms with E-state index in [1.165, 1.54) is 31.2 Å². The number of carbonyl (C=O) groups excluding carboxylic acids is 1. The maximum absolute atomic E-state index is 11.7. The van der Waals surface area contributed by atoms with Gasteiger partial charge in [0.2, 0.25) is 0 Å². The summed E-state index contributed by atoms with van der Waals surface area (Å²) in [6.07, 6.45) is 4.91. The zero-order valence-corrected chi connectivity index (χ0v) is 12.0. The van der Waals surface area contributed by atoms with Gasteiger partial charge in [0.1, 0.15) is 0 Å². The Bertz CT molecular complexity index is 381. The Balaban J connectivity index is 1.98. The van der Waals surface area contributed by atoms with Crippen LogP contribution in [0.2, 0.25) is 0 Å². The largest absolute Gasteiger partial charge is 0.337 e. The highest BCUT2D eigenvalue weighted by molar-refractivity contribution is 7.08. The predicted molar refractivity (Wildman–Crippen MR) is 76.1 cm³/mol. The normalized spacial score (nSPS) is 17.9.